The van der Waals surface area contributed by atoms with E-state index in [9.17, 15) is 24.8 Å². The number of likely N-dealkylation sites (tertiary alicyclic amines) is 1. The van der Waals surface area contributed by atoms with Crippen LogP contribution in [-0.4, -0.2) is 79.5 Å². The van der Waals surface area contributed by atoms with Crippen molar-refractivity contribution >= 4 is 29.3 Å². The first-order valence-corrected chi connectivity index (χ1v) is 17.2. The van der Waals surface area contributed by atoms with Crippen molar-refractivity contribution in [1.82, 2.24) is 4.90 Å². The highest BCUT2D eigenvalue weighted by molar-refractivity contribution is 6.01. The number of nitrogens with zero attached hydrogens (tertiary/aromatic N) is 4. The van der Waals surface area contributed by atoms with Crippen LogP contribution in [0.2, 0.25) is 0 Å². The Morgan fingerprint density at radius 1 is 1.06 bits per heavy atom. The molecule has 3 aromatic rings. The van der Waals surface area contributed by atoms with Crippen molar-refractivity contribution in [2.45, 2.75) is 64.0 Å². The number of carbonyl (C=O) groups excluding carboxylic acids is 3. The number of ether oxygens (including phenoxy) is 3. The van der Waals surface area contributed by atoms with Crippen LogP contribution in [0.4, 0.5) is 16.2 Å². The first kappa shape index (κ1) is 34.8. The van der Waals surface area contributed by atoms with E-state index in [0.29, 0.717) is 49.7 Å². The van der Waals surface area contributed by atoms with E-state index in [1.54, 1.807) is 35.1 Å². The number of rotatable bonds is 9. The average molecular weight is 681 g/mol. The number of amides is 3. The van der Waals surface area contributed by atoms with Crippen LogP contribution in [0, 0.1) is 17.2 Å². The van der Waals surface area contributed by atoms with Crippen molar-refractivity contribution in [1.29, 1.82) is 5.26 Å². The Balaban J connectivity index is 1.35. The van der Waals surface area contributed by atoms with Gasteiger partial charge in [0, 0.05) is 45.1 Å². The molecule has 2 atom stereocenters. The van der Waals surface area contributed by atoms with Crippen molar-refractivity contribution < 1.29 is 33.7 Å². The smallest absolute Gasteiger partial charge is 0.410 e. The highest BCUT2D eigenvalue weighted by atomic mass is 16.6. The van der Waals surface area contributed by atoms with E-state index in [2.05, 4.69) is 0 Å². The van der Waals surface area contributed by atoms with Crippen LogP contribution in [0.25, 0.3) is 11.1 Å². The third kappa shape index (κ3) is 7.55. The minimum Gasteiger partial charge on any atom is -0.507 e. The first-order valence-electron chi connectivity index (χ1n) is 17.2. The fourth-order valence-electron chi connectivity index (χ4n) is 6.83. The largest absolute Gasteiger partial charge is 0.507 e. The standard InChI is InChI=1S/C39H44N4O7/c1-39(2,3)50-38(47)41-17-15-31(27-8-5-7-25(19-27)26-9-10-28(22-40)34(44)20-26)32(23-41)37(46)43(29-11-12-29)30-13-14-35-33(21-30)42(16-6-18-48-4)36(45)24-49-35/h5,7-10,13-14,19-21,29,31-32,44H,6,11-12,15-18,23-24H2,1-4H3/t31-,32+/m1/s1. The van der Waals surface area contributed by atoms with E-state index in [1.807, 2.05) is 74.2 Å². The lowest BCUT2D eigenvalue weighted by atomic mass is 9.78. The van der Waals surface area contributed by atoms with E-state index in [0.717, 1.165) is 29.5 Å². The van der Waals surface area contributed by atoms with Crippen molar-refractivity contribution in [3.8, 4) is 28.7 Å². The highest BCUT2D eigenvalue weighted by Crippen LogP contribution is 2.43. The minimum absolute atomic E-state index is 0.00628. The van der Waals surface area contributed by atoms with Crippen LogP contribution in [0.5, 0.6) is 11.5 Å². The summed E-state index contributed by atoms with van der Waals surface area (Å²) < 4.78 is 16.7. The van der Waals surface area contributed by atoms with Gasteiger partial charge in [0.05, 0.1) is 17.2 Å². The van der Waals surface area contributed by atoms with Gasteiger partial charge in [0.25, 0.3) is 5.91 Å². The molecule has 11 heteroatoms. The van der Waals surface area contributed by atoms with Crippen molar-refractivity contribution in [2.75, 3.05) is 49.8 Å². The maximum Gasteiger partial charge on any atom is 0.410 e. The molecular formula is C39H44N4O7. The third-order valence-electron chi connectivity index (χ3n) is 9.39. The second-order valence-electron chi connectivity index (χ2n) is 14.2. The number of phenolic OH excluding ortho intramolecular Hbond substituents is 1. The zero-order valence-corrected chi connectivity index (χ0v) is 29.1. The third-order valence-corrected chi connectivity index (χ3v) is 9.39. The Kier molecular flexibility index (Phi) is 10.0. The molecular weight excluding hydrogens is 636 g/mol. The van der Waals surface area contributed by atoms with Gasteiger partial charge < -0.3 is 34.0 Å². The summed E-state index contributed by atoms with van der Waals surface area (Å²) in [5.74, 6) is -0.558. The number of nitriles is 1. The summed E-state index contributed by atoms with van der Waals surface area (Å²) in [6.07, 6.45) is 2.43. The predicted molar refractivity (Wildman–Crippen MR) is 188 cm³/mol. The van der Waals surface area contributed by atoms with Gasteiger partial charge in [-0.1, -0.05) is 30.3 Å². The second-order valence-corrected chi connectivity index (χ2v) is 14.2. The van der Waals surface area contributed by atoms with Crippen LogP contribution in [0.3, 0.4) is 0 Å². The van der Waals surface area contributed by atoms with Gasteiger partial charge in [0.1, 0.15) is 23.2 Å². The molecule has 2 fully saturated rings. The molecule has 3 aromatic carbocycles. The molecule has 3 amide bonds. The molecule has 0 spiro atoms. The summed E-state index contributed by atoms with van der Waals surface area (Å²) in [5.41, 5.74) is 3.35. The number of benzene rings is 3. The average Bonchev–Trinajstić information content (AvgIpc) is 3.93. The number of fused-ring (bicyclic) bond motifs is 1. The Labute approximate surface area is 292 Å². The molecule has 1 aliphatic carbocycles. The Bertz CT molecular complexity index is 1810. The summed E-state index contributed by atoms with van der Waals surface area (Å²) in [6.45, 7) is 7.00. The van der Waals surface area contributed by atoms with Gasteiger partial charge in [-0.05, 0) is 99.4 Å². The maximum atomic E-state index is 15.0. The van der Waals surface area contributed by atoms with Crippen LogP contribution in [0.1, 0.15) is 63.5 Å². The Hall–Kier alpha value is -5.08. The number of piperidine rings is 1. The lowest BCUT2D eigenvalue weighted by Gasteiger charge is -2.41. The summed E-state index contributed by atoms with van der Waals surface area (Å²) >= 11 is 0. The second kappa shape index (κ2) is 14.4. The topological polar surface area (TPSA) is 133 Å². The number of aromatic hydroxyl groups is 1. The molecule has 262 valence electrons. The molecule has 0 radical (unpaired) electrons. The molecule has 11 nitrogen and oxygen atoms in total. The normalized spacial score (nSPS) is 18.9. The van der Waals surface area contributed by atoms with Gasteiger partial charge in [0.15, 0.2) is 6.61 Å². The van der Waals surface area contributed by atoms with Gasteiger partial charge in [0.2, 0.25) is 5.91 Å². The first-order chi connectivity index (χ1) is 24.0. The molecule has 2 heterocycles. The zero-order chi connectivity index (χ0) is 35.6. The van der Waals surface area contributed by atoms with Gasteiger partial charge >= 0.3 is 6.09 Å². The zero-order valence-electron chi connectivity index (χ0n) is 29.1. The SMILES string of the molecule is COCCCN1C(=O)COc2ccc(N(C(=O)[C@H]3CN(C(=O)OC(C)(C)C)CC[C@@H]3c3cccc(-c4ccc(C#N)c(O)c4)c3)C3CC3)cc21. The lowest BCUT2D eigenvalue weighted by Crippen LogP contribution is -2.51. The number of phenols is 1. The predicted octanol–water partition coefficient (Wildman–Crippen LogP) is 6.23. The summed E-state index contributed by atoms with van der Waals surface area (Å²) in [4.78, 5) is 46.4. The summed E-state index contributed by atoms with van der Waals surface area (Å²) in [6, 6.07) is 20.4. The van der Waals surface area contributed by atoms with Gasteiger partial charge in [-0.25, -0.2) is 4.79 Å². The lowest BCUT2D eigenvalue weighted by molar-refractivity contribution is -0.124. The number of hydrogen-bond donors (Lipinski definition) is 1. The maximum absolute atomic E-state index is 15.0. The quantitative estimate of drug-likeness (QED) is 0.263. The molecule has 1 N–H and O–H groups in total. The Morgan fingerprint density at radius 2 is 1.84 bits per heavy atom. The molecule has 3 aliphatic rings. The number of hydrogen-bond acceptors (Lipinski definition) is 8. The van der Waals surface area contributed by atoms with E-state index in [-0.39, 0.29) is 48.2 Å². The molecule has 0 bridgehead atoms. The fourth-order valence-corrected chi connectivity index (χ4v) is 6.83. The van der Waals surface area contributed by atoms with Gasteiger partial charge in [-0.2, -0.15) is 5.26 Å². The molecule has 1 saturated carbocycles. The monoisotopic (exact) mass is 680 g/mol. The Morgan fingerprint density at radius 3 is 2.54 bits per heavy atom. The van der Waals surface area contributed by atoms with E-state index >= 15 is 0 Å². The van der Waals surface area contributed by atoms with Gasteiger partial charge in [-0.3, -0.25) is 9.59 Å². The summed E-state index contributed by atoms with van der Waals surface area (Å²) in [7, 11) is 1.63. The highest BCUT2D eigenvalue weighted by Gasteiger charge is 2.44. The molecule has 2 aliphatic heterocycles. The minimum atomic E-state index is -0.688. The van der Waals surface area contributed by atoms with E-state index in [1.165, 1.54) is 0 Å². The number of carbonyl (C=O) groups is 3. The van der Waals surface area contributed by atoms with Gasteiger partial charge in [-0.15, -0.1) is 0 Å². The number of anilines is 2. The summed E-state index contributed by atoms with van der Waals surface area (Å²) in [5, 5.41) is 19.7. The fraction of sp³-hybridized carbons (Fsp3) is 0.436. The van der Waals surface area contributed by atoms with E-state index < -0.39 is 17.6 Å². The van der Waals surface area contributed by atoms with Crippen LogP contribution in [0.15, 0.2) is 60.7 Å². The van der Waals surface area contributed by atoms with E-state index in [4.69, 9.17) is 14.2 Å². The molecule has 0 aromatic heterocycles. The molecule has 1 saturated heterocycles. The van der Waals surface area contributed by atoms with Crippen molar-refractivity contribution in [3.63, 3.8) is 0 Å². The van der Waals surface area contributed by atoms with Crippen LogP contribution in [-0.2, 0) is 19.1 Å². The number of methoxy groups -OCH3 is 1. The molecule has 6 rings (SSSR count). The van der Waals surface area contributed by atoms with Crippen LogP contribution < -0.4 is 14.5 Å². The molecule has 50 heavy (non-hydrogen) atoms. The van der Waals surface area contributed by atoms with Crippen molar-refractivity contribution in [2.24, 2.45) is 5.92 Å². The molecule has 0 unspecified atom stereocenters. The van der Waals surface area contributed by atoms with Crippen LogP contribution >= 0.6 is 0 Å². The van der Waals surface area contributed by atoms with Crippen molar-refractivity contribution in [3.05, 3.63) is 71.8 Å².